The van der Waals surface area contributed by atoms with E-state index in [2.05, 4.69) is 4.98 Å². The first-order valence-electron chi connectivity index (χ1n) is 7.58. The zero-order chi connectivity index (χ0) is 16.7. The number of rotatable bonds is 2. The van der Waals surface area contributed by atoms with Crippen molar-refractivity contribution in [3.05, 3.63) is 81.9 Å². The summed E-state index contributed by atoms with van der Waals surface area (Å²) in [6.45, 7) is 0. The molecule has 2 heterocycles. The lowest BCUT2D eigenvalue weighted by Crippen LogP contribution is -2.13. The average molecular weight is 317 g/mol. The van der Waals surface area contributed by atoms with Gasteiger partial charge in [0, 0.05) is 23.7 Å². The highest BCUT2D eigenvalue weighted by atomic mass is 16.3. The molecule has 0 amide bonds. The Hall–Kier alpha value is -3.34. The van der Waals surface area contributed by atoms with Gasteiger partial charge in [0.2, 0.25) is 5.88 Å². The van der Waals surface area contributed by atoms with Gasteiger partial charge in [0.1, 0.15) is 5.69 Å². The van der Waals surface area contributed by atoms with Crippen LogP contribution in [0.2, 0.25) is 0 Å². The summed E-state index contributed by atoms with van der Waals surface area (Å²) in [6, 6.07) is 17.7. The molecule has 1 aliphatic heterocycles. The second-order valence-corrected chi connectivity index (χ2v) is 5.62. The van der Waals surface area contributed by atoms with Gasteiger partial charge in [-0.1, -0.05) is 48.5 Å². The number of H-pyrrole nitrogens is 1. The van der Waals surface area contributed by atoms with Gasteiger partial charge < -0.3 is 5.11 Å². The molecule has 2 N–H and O–H groups in total. The minimum absolute atomic E-state index is 0.146. The van der Waals surface area contributed by atoms with Crippen LogP contribution in [0.3, 0.4) is 0 Å². The Bertz CT molecular complexity index is 1040. The lowest BCUT2D eigenvalue weighted by Gasteiger charge is -2.06. The summed E-state index contributed by atoms with van der Waals surface area (Å²) in [5, 5.41) is 10.0. The second-order valence-electron chi connectivity index (χ2n) is 5.62. The lowest BCUT2D eigenvalue weighted by molar-refractivity contribution is 0.454. The molecule has 0 saturated carbocycles. The van der Waals surface area contributed by atoms with Gasteiger partial charge in [-0.3, -0.25) is 9.55 Å². The number of aromatic amines is 1. The maximum absolute atomic E-state index is 11.7. The number of nitrogens with one attached hydrogen (secondary N) is 1. The normalized spacial score (nSPS) is 14.7. The molecular weight excluding hydrogens is 302 g/mol. The van der Waals surface area contributed by atoms with E-state index in [1.165, 1.54) is 4.57 Å². The molecule has 5 heteroatoms. The van der Waals surface area contributed by atoms with Crippen molar-refractivity contribution in [2.24, 2.45) is 12.0 Å². The number of para-hydroxylation sites is 1. The quantitative estimate of drug-likeness (QED) is 0.762. The van der Waals surface area contributed by atoms with Crippen LogP contribution in [0.25, 0.3) is 11.6 Å². The van der Waals surface area contributed by atoms with Gasteiger partial charge >= 0.3 is 5.69 Å². The van der Waals surface area contributed by atoms with E-state index in [9.17, 15) is 9.90 Å². The molecule has 0 saturated heterocycles. The van der Waals surface area contributed by atoms with E-state index in [0.29, 0.717) is 5.69 Å². The van der Waals surface area contributed by atoms with Crippen molar-refractivity contribution >= 4 is 23.0 Å². The molecule has 0 fully saturated rings. The number of allylic oxidation sites excluding steroid dienone is 1. The van der Waals surface area contributed by atoms with Crippen molar-refractivity contribution in [3.8, 4) is 5.88 Å². The van der Waals surface area contributed by atoms with E-state index in [1.807, 2.05) is 54.6 Å². The zero-order valence-electron chi connectivity index (χ0n) is 13.0. The number of nitrogens with zero attached hydrogens (tertiary/aromatic N) is 2. The SMILES string of the molecule is Cn1c(/C=C2/C(c3ccccc3)=Nc3ccccc32)c(O)[nH]c1=O. The second kappa shape index (κ2) is 5.38. The van der Waals surface area contributed by atoms with Gasteiger partial charge in [-0.2, -0.15) is 0 Å². The van der Waals surface area contributed by atoms with Crippen molar-refractivity contribution in [2.75, 3.05) is 0 Å². The minimum atomic E-state index is -0.358. The maximum atomic E-state index is 11.7. The first-order chi connectivity index (χ1) is 11.6. The number of aliphatic imine (C=N–C) groups is 1. The molecule has 3 aromatic rings. The van der Waals surface area contributed by atoms with Gasteiger partial charge in [0.05, 0.1) is 11.4 Å². The van der Waals surface area contributed by atoms with Gasteiger partial charge in [0.15, 0.2) is 0 Å². The largest absolute Gasteiger partial charge is 0.493 e. The van der Waals surface area contributed by atoms with E-state index < -0.39 is 0 Å². The molecular formula is C19H15N3O2. The van der Waals surface area contributed by atoms with Crippen molar-refractivity contribution < 1.29 is 5.11 Å². The highest BCUT2D eigenvalue weighted by molar-refractivity contribution is 6.38. The molecule has 0 aliphatic carbocycles. The third kappa shape index (κ3) is 2.18. The number of hydrogen-bond donors (Lipinski definition) is 2. The standard InChI is InChI=1S/C19H15N3O2/c1-22-16(18(23)21-19(22)24)11-14-13-9-5-6-10-15(13)20-17(14)12-7-3-2-4-8-12/h2-11,23H,1H3,(H,21,24)/b14-11+. The van der Waals surface area contributed by atoms with Crippen LogP contribution in [-0.4, -0.2) is 20.4 Å². The molecule has 0 unspecified atom stereocenters. The average Bonchev–Trinajstić information content (AvgIpc) is 3.09. The fourth-order valence-corrected chi connectivity index (χ4v) is 2.89. The molecule has 118 valence electrons. The molecule has 0 atom stereocenters. The summed E-state index contributed by atoms with van der Waals surface area (Å²) in [5.41, 5.74) is 4.61. The molecule has 0 bridgehead atoms. The zero-order valence-corrected chi connectivity index (χ0v) is 13.0. The van der Waals surface area contributed by atoms with Crippen molar-refractivity contribution in [1.82, 2.24) is 9.55 Å². The predicted molar refractivity (Wildman–Crippen MR) is 94.7 cm³/mol. The summed E-state index contributed by atoms with van der Waals surface area (Å²) >= 11 is 0. The van der Waals surface area contributed by atoms with Crippen LogP contribution in [0.4, 0.5) is 5.69 Å². The monoisotopic (exact) mass is 317 g/mol. The maximum Gasteiger partial charge on any atom is 0.328 e. The summed E-state index contributed by atoms with van der Waals surface area (Å²) in [6.07, 6.45) is 1.80. The van der Waals surface area contributed by atoms with Crippen LogP contribution in [0.1, 0.15) is 16.8 Å². The Morgan fingerprint density at radius 2 is 1.79 bits per heavy atom. The van der Waals surface area contributed by atoms with Gasteiger partial charge in [-0.05, 0) is 12.1 Å². The topological polar surface area (TPSA) is 70.4 Å². The molecule has 1 aromatic heterocycles. The van der Waals surface area contributed by atoms with E-state index in [4.69, 9.17) is 4.99 Å². The molecule has 4 rings (SSSR count). The van der Waals surface area contributed by atoms with Crippen LogP contribution in [0, 0.1) is 0 Å². The van der Waals surface area contributed by atoms with Crippen molar-refractivity contribution in [2.45, 2.75) is 0 Å². The van der Waals surface area contributed by atoms with Gasteiger partial charge in [0.25, 0.3) is 0 Å². The van der Waals surface area contributed by atoms with Crippen LogP contribution < -0.4 is 5.69 Å². The molecule has 24 heavy (non-hydrogen) atoms. The fraction of sp³-hybridized carbons (Fsp3) is 0.0526. The van der Waals surface area contributed by atoms with E-state index in [0.717, 1.165) is 28.1 Å². The van der Waals surface area contributed by atoms with E-state index >= 15 is 0 Å². The van der Waals surface area contributed by atoms with Crippen LogP contribution in [0.15, 0.2) is 64.4 Å². The Kier molecular flexibility index (Phi) is 3.20. The number of benzene rings is 2. The Morgan fingerprint density at radius 1 is 1.08 bits per heavy atom. The summed E-state index contributed by atoms with van der Waals surface area (Å²) in [4.78, 5) is 18.9. The third-order valence-corrected chi connectivity index (χ3v) is 4.14. The smallest absolute Gasteiger partial charge is 0.328 e. The van der Waals surface area contributed by atoms with Gasteiger partial charge in [-0.15, -0.1) is 0 Å². The summed E-state index contributed by atoms with van der Waals surface area (Å²) < 4.78 is 1.38. The number of imidazole rings is 1. The summed E-state index contributed by atoms with van der Waals surface area (Å²) in [7, 11) is 1.62. The van der Waals surface area contributed by atoms with E-state index in [-0.39, 0.29) is 11.6 Å². The number of hydrogen-bond acceptors (Lipinski definition) is 3. The van der Waals surface area contributed by atoms with Crippen LogP contribution in [0.5, 0.6) is 5.88 Å². The first kappa shape index (κ1) is 14.3. The Balaban J connectivity index is 1.95. The number of aromatic hydroxyl groups is 1. The van der Waals surface area contributed by atoms with Crippen molar-refractivity contribution in [3.63, 3.8) is 0 Å². The highest BCUT2D eigenvalue weighted by Gasteiger charge is 2.23. The minimum Gasteiger partial charge on any atom is -0.493 e. The molecule has 2 aromatic carbocycles. The Labute approximate surface area is 138 Å². The van der Waals surface area contributed by atoms with Crippen LogP contribution >= 0.6 is 0 Å². The molecule has 0 radical (unpaired) electrons. The number of aromatic nitrogens is 2. The fourth-order valence-electron chi connectivity index (χ4n) is 2.89. The molecule has 0 spiro atoms. The van der Waals surface area contributed by atoms with E-state index in [1.54, 1.807) is 13.1 Å². The van der Waals surface area contributed by atoms with Gasteiger partial charge in [-0.25, -0.2) is 9.79 Å². The predicted octanol–water partition coefficient (Wildman–Crippen LogP) is 3.09. The van der Waals surface area contributed by atoms with Crippen LogP contribution in [-0.2, 0) is 7.05 Å². The number of fused-ring (bicyclic) bond motifs is 1. The Morgan fingerprint density at radius 3 is 2.50 bits per heavy atom. The molecule has 5 nitrogen and oxygen atoms in total. The highest BCUT2D eigenvalue weighted by Crippen LogP contribution is 2.38. The first-order valence-corrected chi connectivity index (χ1v) is 7.58. The molecule has 1 aliphatic rings. The third-order valence-electron chi connectivity index (χ3n) is 4.14. The summed E-state index contributed by atoms with van der Waals surface area (Å²) in [5.74, 6) is -0.146. The lowest BCUT2D eigenvalue weighted by atomic mass is 9.97. The van der Waals surface area contributed by atoms with Crippen molar-refractivity contribution in [1.29, 1.82) is 0 Å².